The zero-order valence-corrected chi connectivity index (χ0v) is 10.9. The second kappa shape index (κ2) is 5.95. The van der Waals surface area contributed by atoms with Gasteiger partial charge in [-0.25, -0.2) is 8.93 Å². The molecule has 0 aliphatic heterocycles. The van der Waals surface area contributed by atoms with E-state index in [1.165, 1.54) is 0 Å². The molecule has 0 aliphatic rings. The van der Waals surface area contributed by atoms with Gasteiger partial charge in [0, 0.05) is 11.9 Å². The van der Waals surface area contributed by atoms with Crippen molar-refractivity contribution in [3.8, 4) is 5.75 Å². The normalized spacial score (nSPS) is 12.6. The Balaban J connectivity index is 2.43. The number of nitrogens with one attached hydrogen (secondary N) is 1. The van der Waals surface area contributed by atoms with Crippen LogP contribution in [0.25, 0.3) is 10.8 Å². The Morgan fingerprint density at radius 3 is 2.61 bits per heavy atom. The van der Waals surface area contributed by atoms with Crippen molar-refractivity contribution >= 4 is 22.0 Å². The minimum Gasteiger partial charge on any atom is -0.493 e. The van der Waals surface area contributed by atoms with E-state index in [4.69, 9.17) is 9.29 Å². The van der Waals surface area contributed by atoms with E-state index < -0.39 is 11.3 Å². The molecule has 0 spiro atoms. The highest BCUT2D eigenvalue weighted by atomic mass is 32.2. The van der Waals surface area contributed by atoms with Crippen molar-refractivity contribution in [2.45, 2.75) is 13.5 Å². The Labute approximate surface area is 108 Å². The second-order valence-electron chi connectivity index (χ2n) is 3.77. The van der Waals surface area contributed by atoms with Gasteiger partial charge in [-0.15, -0.1) is 0 Å². The molecule has 1 atom stereocenters. The van der Waals surface area contributed by atoms with Crippen LogP contribution < -0.4 is 9.46 Å². The number of hydrogen-bond donors (Lipinski definition) is 2. The van der Waals surface area contributed by atoms with Crippen LogP contribution in [0.2, 0.25) is 0 Å². The largest absolute Gasteiger partial charge is 0.493 e. The van der Waals surface area contributed by atoms with E-state index in [-0.39, 0.29) is 0 Å². The van der Waals surface area contributed by atoms with Crippen LogP contribution in [0, 0.1) is 0 Å². The third-order valence-corrected chi connectivity index (χ3v) is 3.05. The van der Waals surface area contributed by atoms with Crippen LogP contribution in [0.4, 0.5) is 0 Å². The van der Waals surface area contributed by atoms with Gasteiger partial charge in [-0.1, -0.05) is 30.3 Å². The zero-order valence-electron chi connectivity index (χ0n) is 10.1. The van der Waals surface area contributed by atoms with Gasteiger partial charge in [0.1, 0.15) is 5.75 Å². The standard InChI is InChI=1S/C13H15NO3S/c1-2-17-13-8-7-10(9-14-18(15)16)11-5-3-4-6-12(11)13/h3-8,14H,2,9H2,1H3,(H,15,16). The first kappa shape index (κ1) is 13.0. The first-order chi connectivity index (χ1) is 8.72. The van der Waals surface area contributed by atoms with Crippen molar-refractivity contribution in [2.24, 2.45) is 0 Å². The summed E-state index contributed by atoms with van der Waals surface area (Å²) < 4.78 is 27.5. The van der Waals surface area contributed by atoms with E-state index in [0.717, 1.165) is 22.1 Å². The van der Waals surface area contributed by atoms with E-state index in [2.05, 4.69) is 4.72 Å². The van der Waals surface area contributed by atoms with Crippen molar-refractivity contribution in [1.82, 2.24) is 4.72 Å². The molecule has 2 aromatic rings. The lowest BCUT2D eigenvalue weighted by molar-refractivity contribution is 0.344. The van der Waals surface area contributed by atoms with Crippen LogP contribution in [0.1, 0.15) is 12.5 Å². The lowest BCUT2D eigenvalue weighted by Gasteiger charge is -2.11. The van der Waals surface area contributed by atoms with Crippen LogP contribution in [0.5, 0.6) is 5.75 Å². The molecule has 96 valence electrons. The summed E-state index contributed by atoms with van der Waals surface area (Å²) in [5.74, 6) is 0.835. The van der Waals surface area contributed by atoms with Gasteiger partial charge in [0.05, 0.1) is 6.61 Å². The minimum atomic E-state index is -2.00. The molecular formula is C13H15NO3S. The Kier molecular flexibility index (Phi) is 4.30. The predicted molar refractivity (Wildman–Crippen MR) is 72.7 cm³/mol. The van der Waals surface area contributed by atoms with Crippen molar-refractivity contribution < 1.29 is 13.5 Å². The molecule has 0 bridgehead atoms. The molecule has 0 fully saturated rings. The van der Waals surface area contributed by atoms with Crippen molar-refractivity contribution in [3.63, 3.8) is 0 Å². The molecule has 1 unspecified atom stereocenters. The smallest absolute Gasteiger partial charge is 0.232 e. The van der Waals surface area contributed by atoms with Crippen LogP contribution in [0.3, 0.4) is 0 Å². The number of rotatable bonds is 5. The zero-order chi connectivity index (χ0) is 13.0. The predicted octanol–water partition coefficient (Wildman–Crippen LogP) is 2.46. The molecule has 0 aromatic heterocycles. The lowest BCUT2D eigenvalue weighted by Crippen LogP contribution is -2.15. The molecule has 0 aliphatic carbocycles. The Bertz CT molecular complexity index is 571. The topological polar surface area (TPSA) is 58.6 Å². The van der Waals surface area contributed by atoms with Gasteiger partial charge in [-0.3, -0.25) is 4.55 Å². The van der Waals surface area contributed by atoms with Crippen LogP contribution in [-0.2, 0) is 17.8 Å². The molecular weight excluding hydrogens is 250 g/mol. The van der Waals surface area contributed by atoms with E-state index in [0.29, 0.717) is 13.2 Å². The van der Waals surface area contributed by atoms with Gasteiger partial charge in [0.2, 0.25) is 11.3 Å². The van der Waals surface area contributed by atoms with Gasteiger partial charge in [-0.05, 0) is 23.9 Å². The molecule has 0 amide bonds. The number of benzene rings is 2. The first-order valence-corrected chi connectivity index (χ1v) is 6.81. The SMILES string of the molecule is CCOc1ccc(CNS(=O)O)c2ccccc12. The van der Waals surface area contributed by atoms with Crippen molar-refractivity contribution in [3.05, 3.63) is 42.0 Å². The lowest BCUT2D eigenvalue weighted by atomic mass is 10.0. The highest BCUT2D eigenvalue weighted by Crippen LogP contribution is 2.28. The summed E-state index contributed by atoms with van der Waals surface area (Å²) in [5, 5.41) is 2.05. The van der Waals surface area contributed by atoms with Crippen LogP contribution in [-0.4, -0.2) is 15.4 Å². The maximum Gasteiger partial charge on any atom is 0.232 e. The fourth-order valence-electron chi connectivity index (χ4n) is 1.91. The minimum absolute atomic E-state index is 0.343. The summed E-state index contributed by atoms with van der Waals surface area (Å²) in [6.07, 6.45) is 0. The van der Waals surface area contributed by atoms with Gasteiger partial charge in [0.15, 0.2) is 0 Å². The molecule has 2 N–H and O–H groups in total. The Morgan fingerprint density at radius 1 is 1.22 bits per heavy atom. The number of hydrogen-bond acceptors (Lipinski definition) is 2. The molecule has 0 heterocycles. The Morgan fingerprint density at radius 2 is 1.94 bits per heavy atom. The number of ether oxygens (including phenoxy) is 1. The van der Waals surface area contributed by atoms with Gasteiger partial charge < -0.3 is 4.74 Å². The second-order valence-corrected chi connectivity index (χ2v) is 4.56. The van der Waals surface area contributed by atoms with E-state index in [1.807, 2.05) is 43.3 Å². The average Bonchev–Trinajstić information content (AvgIpc) is 2.38. The van der Waals surface area contributed by atoms with E-state index in [1.54, 1.807) is 0 Å². The Hall–Kier alpha value is -1.43. The maximum absolute atomic E-state index is 10.7. The number of fused-ring (bicyclic) bond motifs is 1. The van der Waals surface area contributed by atoms with Gasteiger partial charge >= 0.3 is 0 Å². The highest BCUT2D eigenvalue weighted by molar-refractivity contribution is 7.77. The third-order valence-electron chi connectivity index (χ3n) is 2.66. The molecule has 0 saturated carbocycles. The summed E-state index contributed by atoms with van der Waals surface area (Å²) in [4.78, 5) is 0. The molecule has 5 heteroatoms. The summed E-state index contributed by atoms with van der Waals surface area (Å²) in [6, 6.07) is 11.7. The summed E-state index contributed by atoms with van der Waals surface area (Å²) >= 11 is -2.00. The maximum atomic E-state index is 10.7. The van der Waals surface area contributed by atoms with Crippen molar-refractivity contribution in [2.75, 3.05) is 6.61 Å². The molecule has 18 heavy (non-hydrogen) atoms. The van der Waals surface area contributed by atoms with Gasteiger partial charge in [0.25, 0.3) is 0 Å². The monoisotopic (exact) mass is 265 g/mol. The fraction of sp³-hybridized carbons (Fsp3) is 0.231. The molecule has 2 aromatic carbocycles. The first-order valence-electron chi connectivity index (χ1n) is 5.70. The quantitative estimate of drug-likeness (QED) is 0.816. The molecule has 4 nitrogen and oxygen atoms in total. The van der Waals surface area contributed by atoms with Crippen LogP contribution >= 0.6 is 0 Å². The van der Waals surface area contributed by atoms with Gasteiger partial charge in [-0.2, -0.15) is 0 Å². The third kappa shape index (κ3) is 2.87. The summed E-state index contributed by atoms with van der Waals surface area (Å²) in [6.45, 7) is 2.90. The molecule has 2 rings (SSSR count). The van der Waals surface area contributed by atoms with Crippen molar-refractivity contribution in [1.29, 1.82) is 0 Å². The average molecular weight is 265 g/mol. The summed E-state index contributed by atoms with van der Waals surface area (Å²) in [5.41, 5.74) is 0.969. The van der Waals surface area contributed by atoms with E-state index in [9.17, 15) is 4.21 Å². The highest BCUT2D eigenvalue weighted by Gasteiger charge is 2.06. The van der Waals surface area contributed by atoms with E-state index >= 15 is 0 Å². The summed E-state index contributed by atoms with van der Waals surface area (Å²) in [7, 11) is 0. The molecule has 0 saturated heterocycles. The fourth-order valence-corrected chi connectivity index (χ4v) is 2.19. The van der Waals surface area contributed by atoms with Crippen LogP contribution in [0.15, 0.2) is 36.4 Å². The molecule has 0 radical (unpaired) electrons.